The lowest BCUT2D eigenvalue weighted by Gasteiger charge is -2.26. The fraction of sp³-hybridized carbons (Fsp3) is 0.208. The molecule has 1 unspecified atom stereocenters. The summed E-state index contributed by atoms with van der Waals surface area (Å²) in [5.41, 5.74) is 3.71. The van der Waals surface area contributed by atoms with E-state index in [9.17, 15) is 4.39 Å². The Balaban J connectivity index is 1.41. The average Bonchev–Trinajstić information content (AvgIpc) is 3.41. The van der Waals surface area contributed by atoms with Gasteiger partial charge in [0.15, 0.2) is 5.65 Å². The van der Waals surface area contributed by atoms with Crippen LogP contribution in [0.1, 0.15) is 35.8 Å². The Morgan fingerprint density at radius 3 is 2.90 bits per heavy atom. The molecule has 0 spiro atoms. The van der Waals surface area contributed by atoms with Gasteiger partial charge in [0.05, 0.1) is 23.6 Å². The van der Waals surface area contributed by atoms with E-state index < -0.39 is 0 Å². The second-order valence-electron chi connectivity index (χ2n) is 7.61. The van der Waals surface area contributed by atoms with Gasteiger partial charge in [-0.25, -0.2) is 18.9 Å². The van der Waals surface area contributed by atoms with Crippen LogP contribution in [0.2, 0.25) is 0 Å². The molecule has 5 nitrogen and oxygen atoms in total. The number of benzene rings is 1. The molecule has 1 fully saturated rings. The molecular formula is C24H21BrFN5. The maximum Gasteiger partial charge on any atom is 0.153 e. The van der Waals surface area contributed by atoms with Crippen LogP contribution in [-0.2, 0) is 6.42 Å². The van der Waals surface area contributed by atoms with Gasteiger partial charge in [0.1, 0.15) is 16.2 Å². The number of anilines is 1. The number of rotatable bonds is 5. The first-order valence-corrected chi connectivity index (χ1v) is 11.1. The van der Waals surface area contributed by atoms with Gasteiger partial charge in [0, 0.05) is 13.0 Å². The summed E-state index contributed by atoms with van der Waals surface area (Å²) in [4.78, 5) is 11.2. The van der Waals surface area contributed by atoms with Crippen molar-refractivity contribution in [2.75, 3.05) is 11.4 Å². The predicted molar refractivity (Wildman–Crippen MR) is 123 cm³/mol. The molecule has 1 saturated heterocycles. The molecule has 5 rings (SSSR count). The van der Waals surface area contributed by atoms with Crippen molar-refractivity contribution in [2.45, 2.75) is 25.3 Å². The van der Waals surface area contributed by atoms with Gasteiger partial charge < -0.3 is 4.90 Å². The van der Waals surface area contributed by atoms with Crippen molar-refractivity contribution in [2.24, 2.45) is 0 Å². The molecule has 3 aromatic heterocycles. The molecule has 0 saturated carbocycles. The highest BCUT2D eigenvalue weighted by Gasteiger charge is 2.27. The maximum absolute atomic E-state index is 13.8. The molecule has 0 bridgehead atoms. The molecule has 7 heteroatoms. The lowest BCUT2D eigenvalue weighted by molar-refractivity contribution is 0.617. The summed E-state index contributed by atoms with van der Waals surface area (Å²) in [6.07, 6.45) is 8.66. The molecule has 4 heterocycles. The molecule has 1 aliphatic rings. The third kappa shape index (κ3) is 4.23. The molecule has 4 aromatic rings. The number of pyridine rings is 1. The van der Waals surface area contributed by atoms with Crippen LogP contribution in [0.5, 0.6) is 0 Å². The molecule has 0 radical (unpaired) electrons. The zero-order valence-corrected chi connectivity index (χ0v) is 18.4. The summed E-state index contributed by atoms with van der Waals surface area (Å²) in [6, 6.07) is 16.9. The number of allylic oxidation sites excluding steroid dienone is 1. The zero-order valence-electron chi connectivity index (χ0n) is 16.8. The summed E-state index contributed by atoms with van der Waals surface area (Å²) in [5, 5.41) is 4.88. The van der Waals surface area contributed by atoms with Gasteiger partial charge in [-0.1, -0.05) is 24.3 Å². The Morgan fingerprint density at radius 2 is 2.03 bits per heavy atom. The number of hydrogen-bond acceptors (Lipinski definition) is 4. The Labute approximate surface area is 188 Å². The number of fused-ring (bicyclic) bond motifs is 1. The standard InChI is InChI=1S/C24H21BrFN5/c25-22-11-3-8-19(28-22)7-2-9-20-16-27-23-12-13-24(29-31(20)23)30-14-4-10-21(30)17-5-1-6-18(26)15-17/h1-3,5-8,11-13,15-16,21H,4,9-10,14H2. The molecule has 156 valence electrons. The summed E-state index contributed by atoms with van der Waals surface area (Å²) in [6.45, 7) is 0.901. The van der Waals surface area contributed by atoms with E-state index in [1.54, 1.807) is 12.1 Å². The van der Waals surface area contributed by atoms with Gasteiger partial charge in [-0.3, -0.25) is 0 Å². The maximum atomic E-state index is 13.8. The zero-order chi connectivity index (χ0) is 21.2. The quantitative estimate of drug-likeness (QED) is 0.349. The molecule has 1 aromatic carbocycles. The van der Waals surface area contributed by atoms with Crippen molar-refractivity contribution in [3.63, 3.8) is 0 Å². The molecule has 1 aliphatic heterocycles. The first kappa shape index (κ1) is 19.9. The lowest BCUT2D eigenvalue weighted by atomic mass is 10.0. The lowest BCUT2D eigenvalue weighted by Crippen LogP contribution is -2.24. The van der Waals surface area contributed by atoms with E-state index in [1.165, 1.54) is 6.07 Å². The molecule has 0 aliphatic carbocycles. The number of hydrogen-bond donors (Lipinski definition) is 0. The van der Waals surface area contributed by atoms with Gasteiger partial charge in [-0.2, -0.15) is 0 Å². The van der Waals surface area contributed by atoms with Gasteiger partial charge in [0.25, 0.3) is 0 Å². The minimum absolute atomic E-state index is 0.134. The van der Waals surface area contributed by atoms with Crippen molar-refractivity contribution in [1.29, 1.82) is 0 Å². The highest BCUT2D eigenvalue weighted by molar-refractivity contribution is 9.10. The van der Waals surface area contributed by atoms with E-state index in [2.05, 4.69) is 36.9 Å². The fourth-order valence-electron chi connectivity index (χ4n) is 4.12. The summed E-state index contributed by atoms with van der Waals surface area (Å²) in [7, 11) is 0. The molecule has 0 N–H and O–H groups in total. The van der Waals surface area contributed by atoms with Crippen molar-refractivity contribution < 1.29 is 4.39 Å². The average molecular weight is 478 g/mol. The second kappa shape index (κ2) is 8.59. The van der Waals surface area contributed by atoms with E-state index in [1.807, 2.05) is 53.2 Å². The molecule has 1 atom stereocenters. The van der Waals surface area contributed by atoms with Crippen LogP contribution in [0, 0.1) is 5.82 Å². The Bertz CT molecular complexity index is 1250. The van der Waals surface area contributed by atoms with E-state index >= 15 is 0 Å². The van der Waals surface area contributed by atoms with Gasteiger partial charge in [-0.15, -0.1) is 5.10 Å². The Morgan fingerprint density at radius 1 is 1.13 bits per heavy atom. The second-order valence-corrected chi connectivity index (χ2v) is 8.42. The predicted octanol–water partition coefficient (Wildman–Crippen LogP) is 5.62. The molecule has 31 heavy (non-hydrogen) atoms. The fourth-order valence-corrected chi connectivity index (χ4v) is 4.48. The third-order valence-electron chi connectivity index (χ3n) is 5.55. The highest BCUT2D eigenvalue weighted by Crippen LogP contribution is 2.35. The summed E-state index contributed by atoms with van der Waals surface area (Å²) in [5.74, 6) is 0.688. The van der Waals surface area contributed by atoms with Crippen LogP contribution >= 0.6 is 15.9 Å². The number of halogens is 2. The first-order valence-electron chi connectivity index (χ1n) is 10.3. The SMILES string of the molecule is Fc1cccc(C2CCCN2c2ccc3ncc(CC=Cc4cccc(Br)n4)n3n2)c1. The van der Waals surface area contributed by atoms with E-state index in [0.29, 0.717) is 6.42 Å². The van der Waals surface area contributed by atoms with Gasteiger partial charge in [0.2, 0.25) is 0 Å². The van der Waals surface area contributed by atoms with Crippen molar-refractivity contribution in [3.05, 3.63) is 94.2 Å². The van der Waals surface area contributed by atoms with E-state index in [0.717, 1.165) is 52.4 Å². The van der Waals surface area contributed by atoms with Gasteiger partial charge >= 0.3 is 0 Å². The summed E-state index contributed by atoms with van der Waals surface area (Å²) < 4.78 is 16.5. The third-order valence-corrected chi connectivity index (χ3v) is 5.99. The van der Waals surface area contributed by atoms with E-state index in [4.69, 9.17) is 5.10 Å². The van der Waals surface area contributed by atoms with Crippen LogP contribution in [0.3, 0.4) is 0 Å². The van der Waals surface area contributed by atoms with Crippen LogP contribution in [0.25, 0.3) is 11.7 Å². The number of nitrogens with zero attached hydrogens (tertiary/aromatic N) is 5. The normalized spacial score (nSPS) is 16.6. The number of imidazole rings is 1. The Hall–Kier alpha value is -3.06. The van der Waals surface area contributed by atoms with Crippen LogP contribution < -0.4 is 4.90 Å². The minimum atomic E-state index is -0.198. The van der Waals surface area contributed by atoms with Crippen molar-refractivity contribution in [3.8, 4) is 0 Å². The van der Waals surface area contributed by atoms with Crippen molar-refractivity contribution in [1.82, 2.24) is 19.6 Å². The monoisotopic (exact) mass is 477 g/mol. The smallest absolute Gasteiger partial charge is 0.153 e. The largest absolute Gasteiger partial charge is 0.348 e. The topological polar surface area (TPSA) is 46.3 Å². The molecular weight excluding hydrogens is 457 g/mol. The highest BCUT2D eigenvalue weighted by atomic mass is 79.9. The minimum Gasteiger partial charge on any atom is -0.348 e. The number of aromatic nitrogens is 4. The molecule has 0 amide bonds. The first-order chi connectivity index (χ1) is 15.2. The summed E-state index contributed by atoms with van der Waals surface area (Å²) >= 11 is 3.40. The Kier molecular flexibility index (Phi) is 5.51. The van der Waals surface area contributed by atoms with Crippen molar-refractivity contribution >= 4 is 33.5 Å². The van der Waals surface area contributed by atoms with Crippen LogP contribution in [-0.4, -0.2) is 26.1 Å². The van der Waals surface area contributed by atoms with Gasteiger partial charge in [-0.05, 0) is 76.8 Å². The van der Waals surface area contributed by atoms with Crippen LogP contribution in [0.15, 0.2) is 71.5 Å². The van der Waals surface area contributed by atoms with E-state index in [-0.39, 0.29) is 11.9 Å². The van der Waals surface area contributed by atoms with Crippen LogP contribution in [0.4, 0.5) is 10.2 Å².